The highest BCUT2D eigenvalue weighted by atomic mass is 79.9. The lowest BCUT2D eigenvalue weighted by Crippen LogP contribution is -2.14. The van der Waals surface area contributed by atoms with E-state index in [1.165, 1.54) is 13.3 Å². The van der Waals surface area contributed by atoms with Gasteiger partial charge in [-0.2, -0.15) is 0 Å². The van der Waals surface area contributed by atoms with Crippen molar-refractivity contribution in [1.29, 1.82) is 0 Å². The molecule has 0 spiro atoms. The number of ether oxygens (including phenoxy) is 1. The fraction of sp³-hybridized carbons (Fsp3) is 0.250. The Kier molecular flexibility index (Phi) is 3.70. The molecule has 1 rings (SSSR count). The number of hydrogen-bond acceptors (Lipinski definition) is 4. The molecule has 76 valence electrons. The van der Waals surface area contributed by atoms with Gasteiger partial charge in [0.25, 0.3) is 0 Å². The lowest BCUT2D eigenvalue weighted by atomic mass is 10.4. The first-order chi connectivity index (χ1) is 6.67. The number of amides is 1. The average molecular weight is 260 g/mol. The largest absolute Gasteiger partial charge is 0.493 e. The summed E-state index contributed by atoms with van der Waals surface area (Å²) in [4.78, 5) is 15.0. The van der Waals surface area contributed by atoms with Gasteiger partial charge in [0.15, 0.2) is 11.6 Å². The Morgan fingerprint density at radius 1 is 1.79 bits per heavy atom. The first-order valence-electron chi connectivity index (χ1n) is 3.82. The number of carbonyl (C=O) groups excluding carboxylic acids is 1. The maximum Gasteiger partial charge on any atom is 0.236 e. The zero-order valence-electron chi connectivity index (χ0n) is 7.58. The number of pyridine rings is 1. The van der Waals surface area contributed by atoms with Crippen LogP contribution >= 0.6 is 15.9 Å². The van der Waals surface area contributed by atoms with E-state index in [1.807, 2.05) is 0 Å². The number of hydrogen-bond donors (Lipinski definition) is 2. The molecule has 14 heavy (non-hydrogen) atoms. The quantitative estimate of drug-likeness (QED) is 0.795. The molecule has 6 heteroatoms. The SMILES string of the molecule is COc1cc(N)cnc1NC(=O)CBr. The number of alkyl halides is 1. The zero-order valence-corrected chi connectivity index (χ0v) is 9.17. The number of aromatic nitrogens is 1. The number of anilines is 2. The first kappa shape index (κ1) is 10.8. The molecular weight excluding hydrogens is 250 g/mol. The molecule has 0 aliphatic rings. The molecule has 0 aliphatic heterocycles. The molecule has 1 heterocycles. The van der Waals surface area contributed by atoms with Gasteiger partial charge in [0.2, 0.25) is 5.91 Å². The summed E-state index contributed by atoms with van der Waals surface area (Å²) < 4.78 is 5.00. The summed E-state index contributed by atoms with van der Waals surface area (Å²) >= 11 is 3.03. The predicted molar refractivity (Wildman–Crippen MR) is 57.6 cm³/mol. The Hall–Kier alpha value is -1.30. The van der Waals surface area contributed by atoms with E-state index >= 15 is 0 Å². The highest BCUT2D eigenvalue weighted by molar-refractivity contribution is 9.09. The van der Waals surface area contributed by atoms with Gasteiger partial charge < -0.3 is 15.8 Å². The summed E-state index contributed by atoms with van der Waals surface area (Å²) in [6.07, 6.45) is 1.45. The third-order valence-electron chi connectivity index (χ3n) is 1.47. The van der Waals surface area contributed by atoms with E-state index < -0.39 is 0 Å². The normalized spacial score (nSPS) is 9.57. The van der Waals surface area contributed by atoms with Crippen molar-refractivity contribution in [1.82, 2.24) is 4.98 Å². The first-order valence-corrected chi connectivity index (χ1v) is 4.95. The second-order valence-corrected chi connectivity index (χ2v) is 3.06. The molecule has 5 nitrogen and oxygen atoms in total. The van der Waals surface area contributed by atoms with E-state index in [0.717, 1.165) is 0 Å². The average Bonchev–Trinajstić information content (AvgIpc) is 2.20. The van der Waals surface area contributed by atoms with Gasteiger partial charge in [0, 0.05) is 6.07 Å². The van der Waals surface area contributed by atoms with Crippen LogP contribution < -0.4 is 15.8 Å². The molecule has 0 fully saturated rings. The van der Waals surface area contributed by atoms with E-state index in [-0.39, 0.29) is 11.2 Å². The van der Waals surface area contributed by atoms with Crippen LogP contribution in [0.4, 0.5) is 11.5 Å². The number of carbonyl (C=O) groups is 1. The van der Waals surface area contributed by atoms with Crippen molar-refractivity contribution in [2.24, 2.45) is 0 Å². The standard InChI is InChI=1S/C8H10BrN3O2/c1-14-6-2-5(10)4-11-8(6)12-7(13)3-9/h2,4H,3,10H2,1H3,(H,11,12,13). The molecule has 0 saturated heterocycles. The maximum atomic E-state index is 11.0. The monoisotopic (exact) mass is 259 g/mol. The molecule has 1 aromatic heterocycles. The van der Waals surface area contributed by atoms with Crippen LogP contribution in [-0.4, -0.2) is 23.3 Å². The van der Waals surface area contributed by atoms with Crippen LogP contribution in [0.3, 0.4) is 0 Å². The Labute approximate surface area is 89.8 Å². The topological polar surface area (TPSA) is 77.2 Å². The van der Waals surface area contributed by atoms with E-state index in [2.05, 4.69) is 26.2 Å². The zero-order chi connectivity index (χ0) is 10.6. The molecule has 0 radical (unpaired) electrons. The molecule has 3 N–H and O–H groups in total. The van der Waals surface area contributed by atoms with Gasteiger partial charge in [-0.05, 0) is 0 Å². The number of nitrogen functional groups attached to an aromatic ring is 1. The second kappa shape index (κ2) is 4.80. The summed E-state index contributed by atoms with van der Waals surface area (Å²) in [5.41, 5.74) is 5.99. The van der Waals surface area contributed by atoms with Crippen LogP contribution in [0.25, 0.3) is 0 Å². The highest BCUT2D eigenvalue weighted by Gasteiger charge is 2.07. The second-order valence-electron chi connectivity index (χ2n) is 2.50. The van der Waals surface area contributed by atoms with Crippen LogP contribution in [0, 0.1) is 0 Å². The fourth-order valence-corrected chi connectivity index (χ4v) is 1.01. The van der Waals surface area contributed by atoms with Crippen molar-refractivity contribution in [3.05, 3.63) is 12.3 Å². The number of methoxy groups -OCH3 is 1. The summed E-state index contributed by atoms with van der Waals surface area (Å²) in [6, 6.07) is 1.59. The summed E-state index contributed by atoms with van der Waals surface area (Å²) in [7, 11) is 1.49. The van der Waals surface area contributed by atoms with E-state index in [4.69, 9.17) is 10.5 Å². The molecule has 0 aromatic carbocycles. The van der Waals surface area contributed by atoms with Crippen molar-refractivity contribution in [2.75, 3.05) is 23.5 Å². The van der Waals surface area contributed by atoms with Crippen LogP contribution in [0.15, 0.2) is 12.3 Å². The smallest absolute Gasteiger partial charge is 0.236 e. The molecule has 0 bridgehead atoms. The molecule has 0 saturated carbocycles. The van der Waals surface area contributed by atoms with Gasteiger partial charge in [0.1, 0.15) is 0 Å². The van der Waals surface area contributed by atoms with Crippen LogP contribution in [-0.2, 0) is 4.79 Å². The van der Waals surface area contributed by atoms with Gasteiger partial charge in [-0.25, -0.2) is 4.98 Å². The Balaban J connectivity index is 2.90. The molecular formula is C8H10BrN3O2. The van der Waals surface area contributed by atoms with E-state index in [1.54, 1.807) is 6.07 Å². The minimum atomic E-state index is -0.194. The van der Waals surface area contributed by atoms with Gasteiger partial charge in [-0.3, -0.25) is 4.79 Å². The molecule has 0 unspecified atom stereocenters. The Morgan fingerprint density at radius 3 is 3.07 bits per heavy atom. The molecule has 1 aromatic rings. The van der Waals surface area contributed by atoms with Crippen molar-refractivity contribution in [3.8, 4) is 5.75 Å². The van der Waals surface area contributed by atoms with Gasteiger partial charge in [0.05, 0.1) is 24.3 Å². The summed E-state index contributed by atoms with van der Waals surface area (Å²) in [5.74, 6) is 0.617. The van der Waals surface area contributed by atoms with Crippen LogP contribution in [0.2, 0.25) is 0 Å². The number of halogens is 1. The third-order valence-corrected chi connectivity index (χ3v) is 1.98. The Morgan fingerprint density at radius 2 is 2.50 bits per heavy atom. The lowest BCUT2D eigenvalue weighted by molar-refractivity contribution is -0.113. The predicted octanol–water partition coefficient (Wildman–Crippen LogP) is 1.01. The lowest BCUT2D eigenvalue weighted by Gasteiger charge is -2.08. The van der Waals surface area contributed by atoms with Crippen LogP contribution in [0.5, 0.6) is 5.75 Å². The van der Waals surface area contributed by atoms with Crippen molar-refractivity contribution in [3.63, 3.8) is 0 Å². The van der Waals surface area contributed by atoms with E-state index in [9.17, 15) is 4.79 Å². The third kappa shape index (κ3) is 2.59. The van der Waals surface area contributed by atoms with Gasteiger partial charge >= 0.3 is 0 Å². The molecule has 0 atom stereocenters. The van der Waals surface area contributed by atoms with Crippen molar-refractivity contribution in [2.45, 2.75) is 0 Å². The molecule has 1 amide bonds. The van der Waals surface area contributed by atoms with Crippen molar-refractivity contribution >= 4 is 33.3 Å². The van der Waals surface area contributed by atoms with Crippen molar-refractivity contribution < 1.29 is 9.53 Å². The highest BCUT2D eigenvalue weighted by Crippen LogP contribution is 2.23. The Bertz CT molecular complexity index is 343. The van der Waals surface area contributed by atoms with E-state index in [0.29, 0.717) is 17.3 Å². The van der Waals surface area contributed by atoms with Crippen LogP contribution in [0.1, 0.15) is 0 Å². The molecule has 0 aliphatic carbocycles. The number of nitrogens with zero attached hydrogens (tertiary/aromatic N) is 1. The minimum Gasteiger partial charge on any atom is -0.493 e. The maximum absolute atomic E-state index is 11.0. The number of rotatable bonds is 3. The summed E-state index contributed by atoms with van der Waals surface area (Å²) in [5, 5.41) is 2.77. The van der Waals surface area contributed by atoms with Gasteiger partial charge in [-0.15, -0.1) is 0 Å². The summed E-state index contributed by atoms with van der Waals surface area (Å²) in [6.45, 7) is 0. The fourth-order valence-electron chi connectivity index (χ4n) is 0.875. The minimum absolute atomic E-state index is 0.194. The number of nitrogens with one attached hydrogen (secondary N) is 1. The van der Waals surface area contributed by atoms with Gasteiger partial charge in [-0.1, -0.05) is 15.9 Å². The number of nitrogens with two attached hydrogens (primary N) is 1.